The van der Waals surface area contributed by atoms with Crippen LogP contribution in [0.1, 0.15) is 34.8 Å². The van der Waals surface area contributed by atoms with Crippen molar-refractivity contribution < 1.29 is 4.79 Å². The Morgan fingerprint density at radius 1 is 1.13 bits per heavy atom. The van der Waals surface area contributed by atoms with Gasteiger partial charge in [-0.05, 0) is 25.0 Å². The summed E-state index contributed by atoms with van der Waals surface area (Å²) >= 11 is 0. The zero-order chi connectivity index (χ0) is 16.2. The molecule has 1 amide bonds. The van der Waals surface area contributed by atoms with Crippen LogP contribution >= 0.6 is 0 Å². The molecule has 0 aliphatic carbocycles. The number of nitrogens with one attached hydrogen (secondary N) is 2. The van der Waals surface area contributed by atoms with Crippen molar-refractivity contribution in [1.82, 2.24) is 10.4 Å². The second kappa shape index (κ2) is 6.48. The summed E-state index contributed by atoms with van der Waals surface area (Å²) in [6.07, 6.45) is 2.46. The van der Waals surface area contributed by atoms with Crippen LogP contribution < -0.4 is 5.43 Å². The molecule has 0 atom stereocenters. The maximum absolute atomic E-state index is 12.4. The molecule has 3 aromatic rings. The van der Waals surface area contributed by atoms with Gasteiger partial charge in [-0.25, -0.2) is 5.43 Å². The molecule has 0 saturated heterocycles. The molecule has 0 aliphatic rings. The van der Waals surface area contributed by atoms with E-state index >= 15 is 0 Å². The molecule has 1 heterocycles. The molecule has 0 bridgehead atoms. The minimum atomic E-state index is -0.208. The van der Waals surface area contributed by atoms with Crippen molar-refractivity contribution in [3.63, 3.8) is 0 Å². The van der Waals surface area contributed by atoms with Gasteiger partial charge in [-0.3, -0.25) is 4.79 Å². The summed E-state index contributed by atoms with van der Waals surface area (Å²) in [5.41, 5.74) is 7.30. The molecule has 0 spiro atoms. The number of hydrogen-bond acceptors (Lipinski definition) is 2. The summed E-state index contributed by atoms with van der Waals surface area (Å²) < 4.78 is 0. The van der Waals surface area contributed by atoms with E-state index in [-0.39, 0.29) is 5.91 Å². The lowest BCUT2D eigenvalue weighted by Gasteiger charge is -2.05. The summed E-state index contributed by atoms with van der Waals surface area (Å²) in [5, 5.41) is 5.20. The van der Waals surface area contributed by atoms with Gasteiger partial charge in [0, 0.05) is 17.1 Å². The van der Waals surface area contributed by atoms with Crippen LogP contribution in [0.3, 0.4) is 0 Å². The summed E-state index contributed by atoms with van der Waals surface area (Å²) in [6.45, 7) is 4.07. The molecule has 23 heavy (non-hydrogen) atoms. The van der Waals surface area contributed by atoms with Crippen LogP contribution in [-0.2, 0) is 0 Å². The van der Waals surface area contributed by atoms with Crippen molar-refractivity contribution in [3.8, 4) is 0 Å². The van der Waals surface area contributed by atoms with Crippen LogP contribution in [0.15, 0.2) is 59.8 Å². The van der Waals surface area contributed by atoms with E-state index < -0.39 is 0 Å². The normalized spacial score (nSPS) is 11.7. The minimum absolute atomic E-state index is 0.208. The second-order valence-corrected chi connectivity index (χ2v) is 5.47. The van der Waals surface area contributed by atoms with E-state index in [4.69, 9.17) is 0 Å². The highest BCUT2D eigenvalue weighted by molar-refractivity contribution is 6.07. The van der Waals surface area contributed by atoms with Gasteiger partial charge >= 0.3 is 0 Å². The summed E-state index contributed by atoms with van der Waals surface area (Å²) in [4.78, 5) is 15.5. The Morgan fingerprint density at radius 2 is 1.87 bits per heavy atom. The summed E-state index contributed by atoms with van der Waals surface area (Å²) in [7, 11) is 0. The third kappa shape index (κ3) is 3.16. The fourth-order valence-corrected chi connectivity index (χ4v) is 2.53. The maximum Gasteiger partial charge on any atom is 0.273 e. The molecule has 4 heteroatoms. The van der Waals surface area contributed by atoms with Gasteiger partial charge in [-0.15, -0.1) is 0 Å². The third-order valence-corrected chi connectivity index (χ3v) is 3.85. The first-order chi connectivity index (χ1) is 11.2. The molecule has 1 aromatic heterocycles. The van der Waals surface area contributed by atoms with Gasteiger partial charge in [0.2, 0.25) is 0 Å². The van der Waals surface area contributed by atoms with Crippen molar-refractivity contribution in [2.24, 2.45) is 5.10 Å². The molecule has 0 unspecified atom stereocenters. The quantitative estimate of drug-likeness (QED) is 0.555. The number of rotatable bonds is 4. The Hall–Kier alpha value is -2.88. The molecule has 2 aromatic carbocycles. The van der Waals surface area contributed by atoms with Gasteiger partial charge in [0.25, 0.3) is 5.91 Å². The molecule has 0 fully saturated rings. The van der Waals surface area contributed by atoms with Gasteiger partial charge in [-0.2, -0.15) is 5.10 Å². The number of aromatic nitrogens is 1. The number of benzene rings is 2. The number of hydrogen-bond donors (Lipinski definition) is 2. The van der Waals surface area contributed by atoms with Gasteiger partial charge in [0.15, 0.2) is 0 Å². The molecule has 4 nitrogen and oxygen atoms in total. The topological polar surface area (TPSA) is 57.2 Å². The number of H-pyrrole nitrogens is 1. The molecule has 0 saturated carbocycles. The zero-order valence-electron chi connectivity index (χ0n) is 13.3. The number of para-hydroxylation sites is 1. The predicted octanol–water partition coefficient (Wildman–Crippen LogP) is 4.02. The molecule has 116 valence electrons. The summed E-state index contributed by atoms with van der Waals surface area (Å²) in [5.74, 6) is -0.208. The fourth-order valence-electron chi connectivity index (χ4n) is 2.53. The lowest BCUT2D eigenvalue weighted by atomic mass is 10.1. The SMILES string of the molecule is CC/C(=N\NC(=O)c1c[nH]c2ccccc12)c1ccc(C)cc1. The van der Waals surface area contributed by atoms with Gasteiger partial charge in [-0.1, -0.05) is 55.0 Å². The highest BCUT2D eigenvalue weighted by atomic mass is 16.2. The fraction of sp³-hybridized carbons (Fsp3) is 0.158. The first-order valence-corrected chi connectivity index (χ1v) is 7.69. The van der Waals surface area contributed by atoms with E-state index in [1.807, 2.05) is 62.4 Å². The Labute approximate surface area is 135 Å². The standard InChI is InChI=1S/C19H19N3O/c1-3-17(14-10-8-13(2)9-11-14)21-22-19(23)16-12-20-18-7-5-4-6-15(16)18/h4-12,20H,3H2,1-2H3,(H,22,23)/b21-17+. The van der Waals surface area contributed by atoms with Crippen LogP contribution in [0.25, 0.3) is 10.9 Å². The predicted molar refractivity (Wildman–Crippen MR) is 93.8 cm³/mol. The Balaban J connectivity index is 1.82. The number of hydrazone groups is 1. The number of carbonyl (C=O) groups excluding carboxylic acids is 1. The summed E-state index contributed by atoms with van der Waals surface area (Å²) in [6, 6.07) is 15.9. The van der Waals surface area contributed by atoms with E-state index in [2.05, 4.69) is 15.5 Å². The number of nitrogens with zero attached hydrogens (tertiary/aromatic N) is 1. The van der Waals surface area contributed by atoms with E-state index in [1.165, 1.54) is 5.56 Å². The van der Waals surface area contributed by atoms with E-state index in [0.717, 1.165) is 28.6 Å². The molecule has 0 aliphatic heterocycles. The van der Waals surface area contributed by atoms with Gasteiger partial charge in [0.05, 0.1) is 11.3 Å². The van der Waals surface area contributed by atoms with Crippen molar-refractivity contribution in [3.05, 3.63) is 71.4 Å². The van der Waals surface area contributed by atoms with Crippen LogP contribution in [0.4, 0.5) is 0 Å². The molecule has 3 rings (SSSR count). The maximum atomic E-state index is 12.4. The lowest BCUT2D eigenvalue weighted by molar-refractivity contribution is 0.0956. The first kappa shape index (κ1) is 15.0. The molecule has 0 radical (unpaired) electrons. The Morgan fingerprint density at radius 3 is 2.61 bits per heavy atom. The largest absolute Gasteiger partial charge is 0.360 e. The average Bonchev–Trinajstić information content (AvgIpc) is 3.01. The van der Waals surface area contributed by atoms with E-state index in [9.17, 15) is 4.79 Å². The zero-order valence-corrected chi connectivity index (χ0v) is 13.3. The molecular weight excluding hydrogens is 286 g/mol. The minimum Gasteiger partial charge on any atom is -0.360 e. The van der Waals surface area contributed by atoms with Gasteiger partial charge < -0.3 is 4.98 Å². The molecule has 2 N–H and O–H groups in total. The van der Waals surface area contributed by atoms with Crippen molar-refractivity contribution in [2.45, 2.75) is 20.3 Å². The van der Waals surface area contributed by atoms with Crippen LogP contribution in [-0.4, -0.2) is 16.6 Å². The van der Waals surface area contributed by atoms with Gasteiger partial charge in [0.1, 0.15) is 0 Å². The first-order valence-electron chi connectivity index (χ1n) is 7.69. The van der Waals surface area contributed by atoms with Crippen molar-refractivity contribution in [2.75, 3.05) is 0 Å². The number of aryl methyl sites for hydroxylation is 1. The van der Waals surface area contributed by atoms with E-state index in [1.54, 1.807) is 6.20 Å². The monoisotopic (exact) mass is 305 g/mol. The third-order valence-electron chi connectivity index (χ3n) is 3.85. The smallest absolute Gasteiger partial charge is 0.273 e. The number of aromatic amines is 1. The Bertz CT molecular complexity index is 860. The van der Waals surface area contributed by atoms with Crippen LogP contribution in [0.5, 0.6) is 0 Å². The number of fused-ring (bicyclic) bond motifs is 1. The Kier molecular flexibility index (Phi) is 4.24. The highest BCUT2D eigenvalue weighted by Crippen LogP contribution is 2.17. The number of carbonyl (C=O) groups is 1. The average molecular weight is 305 g/mol. The van der Waals surface area contributed by atoms with Crippen LogP contribution in [0.2, 0.25) is 0 Å². The van der Waals surface area contributed by atoms with Crippen molar-refractivity contribution in [1.29, 1.82) is 0 Å². The van der Waals surface area contributed by atoms with Crippen LogP contribution in [0, 0.1) is 6.92 Å². The second-order valence-electron chi connectivity index (χ2n) is 5.47. The highest BCUT2D eigenvalue weighted by Gasteiger charge is 2.11. The lowest BCUT2D eigenvalue weighted by Crippen LogP contribution is -2.19. The molecular formula is C19H19N3O. The van der Waals surface area contributed by atoms with E-state index in [0.29, 0.717) is 5.56 Å². The number of amides is 1. The van der Waals surface area contributed by atoms with Crippen molar-refractivity contribution >= 4 is 22.5 Å².